The molecule has 2 amide bonds. The van der Waals surface area contributed by atoms with E-state index in [1.54, 1.807) is 35.2 Å². The summed E-state index contributed by atoms with van der Waals surface area (Å²) in [7, 11) is 0. The van der Waals surface area contributed by atoms with E-state index in [1.807, 2.05) is 36.4 Å². The zero-order chi connectivity index (χ0) is 39.3. The van der Waals surface area contributed by atoms with E-state index in [1.165, 1.54) is 12.1 Å². The number of hydrogen-bond donors (Lipinski definition) is 2. The Kier molecular flexibility index (Phi) is 11.7. The number of amides is 2. The van der Waals surface area contributed by atoms with E-state index in [4.69, 9.17) is 9.47 Å². The van der Waals surface area contributed by atoms with Gasteiger partial charge in [0.05, 0.1) is 0 Å². The molecule has 0 saturated heterocycles. The molecule has 290 valence electrons. The fourth-order valence-electron chi connectivity index (χ4n) is 7.17. The molecule has 4 aromatic rings. The van der Waals surface area contributed by atoms with Crippen molar-refractivity contribution in [3.63, 3.8) is 0 Å². The first-order valence-corrected chi connectivity index (χ1v) is 18.5. The highest BCUT2D eigenvalue weighted by atomic mass is 19.4. The number of rotatable bonds is 12. The van der Waals surface area contributed by atoms with E-state index in [2.05, 4.69) is 30.8 Å². The van der Waals surface area contributed by atoms with Gasteiger partial charge in [0, 0.05) is 19.4 Å². The molecule has 0 spiro atoms. The average molecular weight is 759 g/mol. The van der Waals surface area contributed by atoms with Crippen LogP contribution in [0.4, 0.5) is 13.2 Å². The summed E-state index contributed by atoms with van der Waals surface area (Å²) in [5, 5.41) is 13.0. The number of nitrogens with one attached hydrogen (secondary N) is 1. The molecule has 0 aromatic heterocycles. The van der Waals surface area contributed by atoms with Crippen LogP contribution in [0.25, 0.3) is 0 Å². The number of carbonyl (C=O) groups excluding carboxylic acids is 2. The van der Waals surface area contributed by atoms with Gasteiger partial charge in [0.2, 0.25) is 11.8 Å². The monoisotopic (exact) mass is 758 g/mol. The van der Waals surface area contributed by atoms with Crippen LogP contribution in [-0.4, -0.2) is 46.7 Å². The van der Waals surface area contributed by atoms with Crippen molar-refractivity contribution >= 4 is 17.8 Å². The first-order chi connectivity index (χ1) is 26.1. The van der Waals surface area contributed by atoms with E-state index in [0.29, 0.717) is 47.8 Å². The lowest BCUT2D eigenvalue weighted by Gasteiger charge is -2.37. The van der Waals surface area contributed by atoms with Crippen molar-refractivity contribution < 1.29 is 46.9 Å². The molecule has 2 atom stereocenters. The number of fused-ring (bicyclic) bond motifs is 1. The fourth-order valence-corrected chi connectivity index (χ4v) is 7.17. The second-order valence-corrected chi connectivity index (χ2v) is 15.2. The standard InChI is InChI=1S/C43H45F3N2O7/c1-42(2,3)30-11-16-32(17-12-30)54-35-15-10-29-22-23-48(38(49)25-27-6-4-5-7-27)39(36(29)26-35)40(50)47-37(41(51)52)24-28-8-13-31(14-9-28)53-33-18-20-34(21-19-33)55-43(44,45)46/h8-21,26-27,37,39H,4-7,22-25H2,1-3H3,(H,47,50)(H,51,52)/t37-,39?/m0/s1. The third-order valence-electron chi connectivity index (χ3n) is 10.1. The predicted octanol–water partition coefficient (Wildman–Crippen LogP) is 9.29. The maximum Gasteiger partial charge on any atom is 0.573 e. The van der Waals surface area contributed by atoms with Gasteiger partial charge in [-0.05, 0) is 114 Å². The van der Waals surface area contributed by atoms with Crippen molar-refractivity contribution in [1.29, 1.82) is 0 Å². The molecule has 4 aromatic carbocycles. The molecule has 1 saturated carbocycles. The first-order valence-electron chi connectivity index (χ1n) is 18.5. The summed E-state index contributed by atoms with van der Waals surface area (Å²) < 4.78 is 53.3. The summed E-state index contributed by atoms with van der Waals surface area (Å²) in [5.41, 5.74) is 3.19. The van der Waals surface area contributed by atoms with Gasteiger partial charge in [-0.1, -0.05) is 63.9 Å². The van der Waals surface area contributed by atoms with Crippen LogP contribution in [0.15, 0.2) is 91.0 Å². The van der Waals surface area contributed by atoms with Crippen LogP contribution in [0.3, 0.4) is 0 Å². The zero-order valence-corrected chi connectivity index (χ0v) is 31.0. The Bertz CT molecular complexity index is 1970. The van der Waals surface area contributed by atoms with Crippen molar-refractivity contribution in [1.82, 2.24) is 10.2 Å². The Balaban J connectivity index is 1.19. The van der Waals surface area contributed by atoms with Gasteiger partial charge >= 0.3 is 12.3 Å². The van der Waals surface area contributed by atoms with Crippen molar-refractivity contribution in [3.05, 3.63) is 113 Å². The summed E-state index contributed by atoms with van der Waals surface area (Å²) in [5.74, 6) is -0.361. The van der Waals surface area contributed by atoms with E-state index in [-0.39, 0.29) is 35.2 Å². The summed E-state index contributed by atoms with van der Waals surface area (Å²) in [6, 6.07) is 22.3. The Hall–Kier alpha value is -5.52. The molecule has 1 heterocycles. The van der Waals surface area contributed by atoms with Crippen LogP contribution >= 0.6 is 0 Å². The van der Waals surface area contributed by atoms with Gasteiger partial charge in [-0.2, -0.15) is 0 Å². The number of carbonyl (C=O) groups is 3. The molecule has 1 aliphatic carbocycles. The van der Waals surface area contributed by atoms with E-state index < -0.39 is 30.3 Å². The number of ether oxygens (including phenoxy) is 3. The van der Waals surface area contributed by atoms with Crippen LogP contribution in [0.2, 0.25) is 0 Å². The SMILES string of the molecule is CC(C)(C)c1ccc(Oc2ccc3c(c2)C(C(=O)N[C@@H](Cc2ccc(Oc4ccc(OC(F)(F)F)cc4)cc2)C(=O)O)N(C(=O)CC2CCCC2)CC3)cc1. The predicted molar refractivity (Wildman–Crippen MR) is 199 cm³/mol. The number of hydrogen-bond acceptors (Lipinski definition) is 6. The van der Waals surface area contributed by atoms with E-state index in [0.717, 1.165) is 48.9 Å². The van der Waals surface area contributed by atoms with Crippen molar-refractivity contribution in [2.45, 2.75) is 89.6 Å². The minimum Gasteiger partial charge on any atom is -0.480 e. The number of carboxylic acid groups (broad SMARTS) is 1. The van der Waals surface area contributed by atoms with Crippen LogP contribution in [0.1, 0.15) is 81.2 Å². The van der Waals surface area contributed by atoms with Gasteiger partial charge in [-0.3, -0.25) is 9.59 Å². The molecule has 2 aliphatic rings. The Morgan fingerprint density at radius 1 is 0.800 bits per heavy atom. The molecule has 2 N–H and O–H groups in total. The Labute approximate surface area is 318 Å². The lowest BCUT2D eigenvalue weighted by atomic mass is 9.87. The number of carboxylic acids is 1. The smallest absolute Gasteiger partial charge is 0.480 e. The molecule has 55 heavy (non-hydrogen) atoms. The molecule has 1 aliphatic heterocycles. The minimum absolute atomic E-state index is 0.0258. The molecule has 9 nitrogen and oxygen atoms in total. The molecular formula is C43H45F3N2O7. The quantitative estimate of drug-likeness (QED) is 0.148. The van der Waals surface area contributed by atoms with E-state index in [9.17, 15) is 32.7 Å². The summed E-state index contributed by atoms with van der Waals surface area (Å²) >= 11 is 0. The zero-order valence-electron chi connectivity index (χ0n) is 31.0. The number of benzene rings is 4. The number of alkyl halides is 3. The van der Waals surface area contributed by atoms with Gasteiger partial charge in [-0.15, -0.1) is 13.2 Å². The highest BCUT2D eigenvalue weighted by molar-refractivity contribution is 5.92. The topological polar surface area (TPSA) is 114 Å². The number of nitrogens with zero attached hydrogens (tertiary/aromatic N) is 1. The number of halogens is 3. The third-order valence-corrected chi connectivity index (χ3v) is 10.1. The van der Waals surface area contributed by atoms with Gasteiger partial charge < -0.3 is 29.5 Å². The van der Waals surface area contributed by atoms with Crippen LogP contribution in [0.5, 0.6) is 28.7 Å². The molecule has 0 radical (unpaired) electrons. The summed E-state index contributed by atoms with van der Waals surface area (Å²) in [6.07, 6.45) is 0.0771. The fraction of sp³-hybridized carbons (Fsp3) is 0.372. The lowest BCUT2D eigenvalue weighted by molar-refractivity contribution is -0.274. The highest BCUT2D eigenvalue weighted by Gasteiger charge is 2.39. The molecule has 0 bridgehead atoms. The van der Waals surface area contributed by atoms with Crippen LogP contribution in [-0.2, 0) is 32.6 Å². The second-order valence-electron chi connectivity index (χ2n) is 15.2. The third kappa shape index (κ3) is 10.4. The van der Waals surface area contributed by atoms with Crippen molar-refractivity contribution in [2.75, 3.05) is 6.54 Å². The molecule has 1 fully saturated rings. The second kappa shape index (κ2) is 16.5. The van der Waals surface area contributed by atoms with Crippen LogP contribution in [0, 0.1) is 5.92 Å². The maximum atomic E-state index is 14.3. The van der Waals surface area contributed by atoms with Gasteiger partial charge in [-0.25, -0.2) is 4.79 Å². The largest absolute Gasteiger partial charge is 0.573 e. The Morgan fingerprint density at radius 3 is 1.93 bits per heavy atom. The lowest BCUT2D eigenvalue weighted by Crippen LogP contribution is -2.51. The van der Waals surface area contributed by atoms with Gasteiger partial charge in [0.25, 0.3) is 0 Å². The Morgan fingerprint density at radius 2 is 1.35 bits per heavy atom. The van der Waals surface area contributed by atoms with E-state index >= 15 is 0 Å². The first kappa shape index (κ1) is 39.2. The average Bonchev–Trinajstić information content (AvgIpc) is 3.64. The molecule has 12 heteroatoms. The molecular weight excluding hydrogens is 713 g/mol. The van der Waals surface area contributed by atoms with Gasteiger partial charge in [0.1, 0.15) is 40.8 Å². The highest BCUT2D eigenvalue weighted by Crippen LogP contribution is 2.37. The maximum absolute atomic E-state index is 14.3. The summed E-state index contributed by atoms with van der Waals surface area (Å²) in [4.78, 5) is 42.3. The summed E-state index contributed by atoms with van der Waals surface area (Å²) in [6.45, 7) is 6.72. The normalized spacial score (nSPS) is 16.5. The molecule has 1 unspecified atom stereocenters. The van der Waals surface area contributed by atoms with Crippen LogP contribution < -0.4 is 19.5 Å². The number of aliphatic carboxylic acids is 1. The van der Waals surface area contributed by atoms with Gasteiger partial charge in [0.15, 0.2) is 0 Å². The van der Waals surface area contributed by atoms with Crippen molar-refractivity contribution in [2.24, 2.45) is 5.92 Å². The molecule has 6 rings (SSSR count). The minimum atomic E-state index is -4.81. The van der Waals surface area contributed by atoms with Crippen molar-refractivity contribution in [3.8, 4) is 28.7 Å².